The largest absolute Gasteiger partial charge is 0.497 e. The normalized spacial score (nSPS) is 24.0. The lowest BCUT2D eigenvalue weighted by Crippen LogP contribution is -2.68. The maximum absolute atomic E-state index is 15.0. The van der Waals surface area contributed by atoms with Crippen LogP contribution >= 0.6 is 0 Å². The lowest BCUT2D eigenvalue weighted by Gasteiger charge is -2.51. The van der Waals surface area contributed by atoms with Crippen LogP contribution < -0.4 is 4.74 Å². The molecular formula is C90H92O19. The molecule has 0 saturated carbocycles. The fraction of sp³-hybridized carbons (Fsp3) is 0.311. The van der Waals surface area contributed by atoms with Crippen LogP contribution in [0.2, 0.25) is 0 Å². The predicted molar refractivity (Wildman–Crippen MR) is 404 cm³/mol. The Balaban J connectivity index is 0.947. The summed E-state index contributed by atoms with van der Waals surface area (Å²) in [6.07, 6.45) is -18.3. The molecule has 19 nitrogen and oxygen atoms in total. The zero-order chi connectivity index (χ0) is 74.6. The van der Waals surface area contributed by atoms with Gasteiger partial charge in [-0.3, -0.25) is 0 Å². The third-order valence-corrected chi connectivity index (χ3v) is 19.0. The van der Waals surface area contributed by atoms with E-state index < -0.39 is 104 Å². The maximum atomic E-state index is 15.0. The van der Waals surface area contributed by atoms with E-state index in [4.69, 9.17) is 80.5 Å². The molecule has 0 unspecified atom stereocenters. The number of carbonyl (C=O) groups excluding carboxylic acids is 2. The Morgan fingerprint density at radius 3 is 0.872 bits per heavy atom. The van der Waals surface area contributed by atoms with Gasteiger partial charge in [0.25, 0.3) is 0 Å². The summed E-state index contributed by atoms with van der Waals surface area (Å²) in [6, 6.07) is 93.2. The van der Waals surface area contributed by atoms with Crippen LogP contribution in [0.25, 0.3) is 0 Å². The summed E-state index contributed by atoms with van der Waals surface area (Å²) in [5, 5.41) is 0. The zero-order valence-corrected chi connectivity index (χ0v) is 61.0. The number of ether oxygens (including phenoxy) is 17. The number of carbonyl (C=O) groups is 2. The molecule has 0 aliphatic carbocycles. The van der Waals surface area contributed by atoms with Gasteiger partial charge in [0, 0.05) is 7.11 Å². The number of benzene rings is 10. The standard InChI is InChI=1S/C90H92O19/c1-93-73-50-48-70(49-51-73)54-97-62-76-79(82(106-86(91)71-44-26-10-27-45-71)85(88(94-2)103-76)107-87(92)72-46-28-11-29-47-72)109-90-84(102-59-69-42-24-9-25-43-69)81(100-57-67-38-20-7-21-39-67)78(75(105-90)61-96-53-64-32-14-4-15-33-64)108-89-83(101-58-68-40-22-8-23-41-68)80(99-56-66-36-18-6-19-37-66)77(98-55-65-34-16-5-17-35-65)74(104-89)60-95-52-63-30-12-3-13-31-63/h3-51,74-85,88-90H,52-62H2,1-2H3/t74-,75-,76-,77+,78-,79-,80+,81+,82+,83-,84-,85-,88-,89+,90-/m1/s1. The molecule has 566 valence electrons. The molecule has 0 aromatic heterocycles. The van der Waals surface area contributed by atoms with Crippen LogP contribution in [0.5, 0.6) is 5.75 Å². The Kier molecular flexibility index (Phi) is 29.0. The monoisotopic (exact) mass is 1480 g/mol. The van der Waals surface area contributed by atoms with Gasteiger partial charge in [-0.2, -0.15) is 0 Å². The first-order valence-electron chi connectivity index (χ1n) is 36.8. The van der Waals surface area contributed by atoms with Gasteiger partial charge in [0.15, 0.2) is 31.1 Å². The Morgan fingerprint density at radius 2 is 0.532 bits per heavy atom. The second-order valence-electron chi connectivity index (χ2n) is 26.7. The number of rotatable bonds is 37. The number of hydrogen-bond acceptors (Lipinski definition) is 19. The van der Waals surface area contributed by atoms with Crippen molar-refractivity contribution >= 4 is 11.9 Å². The molecule has 0 radical (unpaired) electrons. The van der Waals surface area contributed by atoms with E-state index >= 15 is 0 Å². The van der Waals surface area contributed by atoms with Crippen molar-refractivity contribution in [3.8, 4) is 5.75 Å². The van der Waals surface area contributed by atoms with Gasteiger partial charge in [-0.15, -0.1) is 0 Å². The molecule has 19 heteroatoms. The molecule has 0 bridgehead atoms. The van der Waals surface area contributed by atoms with Crippen LogP contribution in [-0.2, 0) is 129 Å². The van der Waals surface area contributed by atoms with E-state index in [9.17, 15) is 9.59 Å². The van der Waals surface area contributed by atoms with Crippen molar-refractivity contribution in [2.75, 3.05) is 34.0 Å². The van der Waals surface area contributed by atoms with Gasteiger partial charge in [-0.25, -0.2) is 9.59 Å². The summed E-state index contributed by atoms with van der Waals surface area (Å²) < 4.78 is 119. The first-order valence-corrected chi connectivity index (χ1v) is 36.8. The third-order valence-electron chi connectivity index (χ3n) is 19.0. The smallest absolute Gasteiger partial charge is 0.338 e. The SMILES string of the molecule is COc1ccc(COC[C@H]2O[C@@H](OC)[C@H](OC(=O)c3ccccc3)[C@@H](OC(=O)c3ccccc3)[C@@H]2O[C@H]2O[C@H](COCc3ccccc3)[C@@H](O[C@@H]3O[C@H](COCc4ccccc4)[C@H](OCc4ccccc4)[C@H](OCc4ccccc4)[C@H]3OCc3ccccc3)[C@H](OCc3ccccc3)[C@H]2OCc2ccccc2)cc1. The van der Waals surface area contributed by atoms with Crippen molar-refractivity contribution in [1.29, 1.82) is 0 Å². The van der Waals surface area contributed by atoms with Crippen molar-refractivity contribution in [2.24, 2.45) is 0 Å². The highest BCUT2D eigenvalue weighted by Gasteiger charge is 2.58. The van der Waals surface area contributed by atoms with Gasteiger partial charge in [0.05, 0.1) is 90.9 Å². The number of methoxy groups -OCH3 is 2. The second-order valence-corrected chi connectivity index (χ2v) is 26.7. The first-order chi connectivity index (χ1) is 53.8. The minimum atomic E-state index is -1.53. The maximum Gasteiger partial charge on any atom is 0.338 e. The number of esters is 2. The van der Waals surface area contributed by atoms with Crippen molar-refractivity contribution in [2.45, 2.75) is 145 Å². The molecule has 10 aromatic carbocycles. The minimum absolute atomic E-state index is 0.00767. The zero-order valence-electron chi connectivity index (χ0n) is 61.0. The van der Waals surface area contributed by atoms with Gasteiger partial charge >= 0.3 is 11.9 Å². The summed E-state index contributed by atoms with van der Waals surface area (Å²) in [4.78, 5) is 29.6. The second kappa shape index (κ2) is 40.7. The van der Waals surface area contributed by atoms with Crippen molar-refractivity contribution in [3.63, 3.8) is 0 Å². The van der Waals surface area contributed by atoms with E-state index in [0.717, 1.165) is 44.5 Å². The molecule has 13 rings (SSSR count). The van der Waals surface area contributed by atoms with Crippen molar-refractivity contribution in [3.05, 3.63) is 353 Å². The summed E-state index contributed by atoms with van der Waals surface area (Å²) in [6.45, 7) is 0.659. The average Bonchev–Trinajstić information content (AvgIpc) is 0.761. The number of hydrogen-bond donors (Lipinski definition) is 0. The first kappa shape index (κ1) is 77.5. The van der Waals surface area contributed by atoms with Gasteiger partial charge in [0.2, 0.25) is 0 Å². The fourth-order valence-corrected chi connectivity index (χ4v) is 13.4. The molecule has 0 spiro atoms. The van der Waals surface area contributed by atoms with E-state index in [-0.39, 0.29) is 83.8 Å². The van der Waals surface area contributed by atoms with Gasteiger partial charge in [0.1, 0.15) is 66.8 Å². The van der Waals surface area contributed by atoms with E-state index in [1.807, 2.05) is 237 Å². The summed E-state index contributed by atoms with van der Waals surface area (Å²) in [7, 11) is 3.01. The van der Waals surface area contributed by atoms with Crippen LogP contribution in [0.3, 0.4) is 0 Å². The molecule has 3 aliphatic rings. The lowest BCUT2D eigenvalue weighted by atomic mass is 9.95. The molecule has 3 heterocycles. The molecule has 0 N–H and O–H groups in total. The lowest BCUT2D eigenvalue weighted by molar-refractivity contribution is -0.391. The minimum Gasteiger partial charge on any atom is -0.497 e. The molecule has 3 aliphatic heterocycles. The van der Waals surface area contributed by atoms with Crippen LogP contribution in [0, 0.1) is 0 Å². The molecular weight excluding hydrogens is 1380 g/mol. The highest BCUT2D eigenvalue weighted by atomic mass is 16.8. The third kappa shape index (κ3) is 22.1. The Morgan fingerprint density at radius 1 is 0.266 bits per heavy atom. The molecule has 3 saturated heterocycles. The van der Waals surface area contributed by atoms with Crippen LogP contribution in [0.15, 0.2) is 297 Å². The summed E-state index contributed by atoms with van der Waals surface area (Å²) in [5.74, 6) is -0.852. The average molecular weight is 1480 g/mol. The van der Waals surface area contributed by atoms with Crippen LogP contribution in [0.4, 0.5) is 0 Å². The predicted octanol–water partition coefficient (Wildman–Crippen LogP) is 14.6. The van der Waals surface area contributed by atoms with E-state index in [2.05, 4.69) is 0 Å². The van der Waals surface area contributed by atoms with Crippen LogP contribution in [-0.4, -0.2) is 138 Å². The highest BCUT2D eigenvalue weighted by Crippen LogP contribution is 2.40. The van der Waals surface area contributed by atoms with E-state index in [0.29, 0.717) is 5.75 Å². The fourth-order valence-electron chi connectivity index (χ4n) is 13.4. The molecule has 15 atom stereocenters. The highest BCUT2D eigenvalue weighted by molar-refractivity contribution is 5.90. The molecule has 3 fully saturated rings. The van der Waals surface area contributed by atoms with Crippen molar-refractivity contribution in [1.82, 2.24) is 0 Å². The quantitative estimate of drug-likeness (QED) is 0.0334. The van der Waals surface area contributed by atoms with Crippen LogP contribution in [0.1, 0.15) is 65.2 Å². The Labute approximate surface area is 636 Å². The molecule has 0 amide bonds. The molecule has 10 aromatic rings. The summed E-state index contributed by atoms with van der Waals surface area (Å²) >= 11 is 0. The van der Waals surface area contributed by atoms with Gasteiger partial charge in [-0.05, 0) is 80.9 Å². The Bertz CT molecular complexity index is 4240. The van der Waals surface area contributed by atoms with Gasteiger partial charge < -0.3 is 80.5 Å². The summed E-state index contributed by atoms with van der Waals surface area (Å²) in [5.41, 5.74) is 7.41. The molecule has 109 heavy (non-hydrogen) atoms. The van der Waals surface area contributed by atoms with E-state index in [1.165, 1.54) is 7.11 Å². The van der Waals surface area contributed by atoms with Crippen molar-refractivity contribution < 1.29 is 90.1 Å². The van der Waals surface area contributed by atoms with Gasteiger partial charge in [-0.1, -0.05) is 261 Å². The topological polar surface area (TPSA) is 191 Å². The van der Waals surface area contributed by atoms with E-state index in [1.54, 1.807) is 67.8 Å². The Hall–Kier alpha value is -9.62.